The predicted octanol–water partition coefficient (Wildman–Crippen LogP) is 21.0. The highest BCUT2D eigenvalue weighted by Gasteiger charge is 2.20. The normalized spacial score (nSPS) is 12.7. The lowest BCUT2D eigenvalue weighted by molar-refractivity contribution is -0.143. The van der Waals surface area contributed by atoms with Gasteiger partial charge in [0.1, 0.15) is 0 Å². The fraction of sp³-hybridized carbons (Fsp3) is 0.910. The van der Waals surface area contributed by atoms with Crippen LogP contribution in [0.1, 0.15) is 367 Å². The lowest BCUT2D eigenvalue weighted by Gasteiger charge is -2.22. The highest BCUT2D eigenvalue weighted by Crippen LogP contribution is 2.19. The number of carbonyl (C=O) groups is 2. The zero-order valence-corrected chi connectivity index (χ0v) is 49.4. The van der Waals surface area contributed by atoms with E-state index in [0.29, 0.717) is 25.9 Å². The van der Waals surface area contributed by atoms with Gasteiger partial charge in [0, 0.05) is 12.8 Å². The molecule has 0 saturated carbocycles. The molecule has 0 aliphatic rings. The number of aliphatic hydroxyl groups excluding tert-OH is 2. The van der Waals surface area contributed by atoms with E-state index in [1.807, 2.05) is 0 Å². The molecule has 0 heterocycles. The van der Waals surface area contributed by atoms with Gasteiger partial charge in [0.25, 0.3) is 0 Å². The minimum atomic E-state index is -0.668. The lowest BCUT2D eigenvalue weighted by atomic mass is 10.0. The standard InChI is InChI=1S/C67H129NO5/c1-3-5-7-9-11-13-15-17-19-21-28-31-35-39-43-47-51-55-59-65(70)64(63-69)68-66(71)60-56-52-48-44-40-36-32-29-25-23-22-24-26-30-34-38-42-46-50-54-58-62-73-67(72)61-57-53-49-45-41-37-33-27-20-18-16-14-12-10-8-6-4-2/h38,42,50,54,64-65,69-70H,3-37,39-41,43-49,51-53,55-63H2,1-2H3,(H,68,71)/b42-38-,54-50-. The Morgan fingerprint density at radius 3 is 1.04 bits per heavy atom. The molecule has 73 heavy (non-hydrogen) atoms. The average Bonchev–Trinajstić information content (AvgIpc) is 3.39. The molecule has 1 amide bonds. The van der Waals surface area contributed by atoms with Gasteiger partial charge >= 0.3 is 5.97 Å². The van der Waals surface area contributed by atoms with E-state index in [2.05, 4.69) is 43.5 Å². The van der Waals surface area contributed by atoms with Crippen LogP contribution in [-0.2, 0) is 14.3 Å². The maximum Gasteiger partial charge on any atom is 0.305 e. The van der Waals surface area contributed by atoms with Gasteiger partial charge in [-0.3, -0.25) is 9.59 Å². The monoisotopic (exact) mass is 1030 g/mol. The van der Waals surface area contributed by atoms with Crippen LogP contribution in [0.5, 0.6) is 0 Å². The van der Waals surface area contributed by atoms with Crippen molar-refractivity contribution >= 4 is 11.9 Å². The van der Waals surface area contributed by atoms with Gasteiger partial charge in [0.2, 0.25) is 5.91 Å². The lowest BCUT2D eigenvalue weighted by Crippen LogP contribution is -2.45. The maximum atomic E-state index is 12.5. The third-order valence-electron chi connectivity index (χ3n) is 15.5. The van der Waals surface area contributed by atoms with E-state index in [-0.39, 0.29) is 18.5 Å². The topological polar surface area (TPSA) is 95.9 Å². The number of hydrogen-bond acceptors (Lipinski definition) is 5. The third-order valence-corrected chi connectivity index (χ3v) is 15.5. The number of hydrogen-bond donors (Lipinski definition) is 3. The van der Waals surface area contributed by atoms with Crippen molar-refractivity contribution < 1.29 is 24.5 Å². The first-order chi connectivity index (χ1) is 36.0. The smallest absolute Gasteiger partial charge is 0.305 e. The molecular formula is C67H129NO5. The van der Waals surface area contributed by atoms with Crippen LogP contribution < -0.4 is 5.32 Å². The van der Waals surface area contributed by atoms with E-state index in [1.54, 1.807) is 0 Å². The zero-order valence-electron chi connectivity index (χ0n) is 49.4. The molecule has 3 N–H and O–H groups in total. The zero-order chi connectivity index (χ0) is 52.9. The van der Waals surface area contributed by atoms with E-state index in [9.17, 15) is 19.8 Å². The molecule has 0 bridgehead atoms. The SMILES string of the molecule is CCCCCCCCCCCCCCCCCCCCC(O)C(CO)NC(=O)CCCCCCCCCCCCCCCC/C=C\C/C=C\CCOC(=O)CCCCCCCCCCCCCCCCCCC. The predicted molar refractivity (Wildman–Crippen MR) is 320 cm³/mol. The summed E-state index contributed by atoms with van der Waals surface area (Å²) in [4.78, 5) is 24.6. The molecule has 432 valence electrons. The molecule has 2 atom stereocenters. The molecule has 0 rings (SSSR count). The van der Waals surface area contributed by atoms with E-state index in [4.69, 9.17) is 4.74 Å². The van der Waals surface area contributed by atoms with E-state index in [0.717, 1.165) is 51.4 Å². The summed E-state index contributed by atoms with van der Waals surface area (Å²) in [6.45, 7) is 4.88. The summed E-state index contributed by atoms with van der Waals surface area (Å²) < 4.78 is 5.43. The Bertz CT molecular complexity index is 1140. The van der Waals surface area contributed by atoms with E-state index < -0.39 is 12.1 Å². The van der Waals surface area contributed by atoms with Crippen LogP contribution in [0.4, 0.5) is 0 Å². The van der Waals surface area contributed by atoms with Crippen molar-refractivity contribution in [3.63, 3.8) is 0 Å². The van der Waals surface area contributed by atoms with Crippen LogP contribution in [0.3, 0.4) is 0 Å². The molecule has 0 saturated heterocycles. The number of rotatable bonds is 62. The van der Waals surface area contributed by atoms with E-state index in [1.165, 1.54) is 283 Å². The summed E-state index contributed by atoms with van der Waals surface area (Å²) >= 11 is 0. The summed E-state index contributed by atoms with van der Waals surface area (Å²) in [5, 5.41) is 23.4. The minimum Gasteiger partial charge on any atom is -0.465 e. The number of esters is 1. The second-order valence-electron chi connectivity index (χ2n) is 22.8. The van der Waals surface area contributed by atoms with Gasteiger partial charge in [-0.15, -0.1) is 0 Å². The van der Waals surface area contributed by atoms with Crippen LogP contribution in [-0.4, -0.2) is 47.4 Å². The first-order valence-corrected chi connectivity index (χ1v) is 33.1. The van der Waals surface area contributed by atoms with Gasteiger partial charge < -0.3 is 20.3 Å². The molecule has 0 fully saturated rings. The molecule has 0 aliphatic heterocycles. The number of unbranched alkanes of at least 4 members (excludes halogenated alkanes) is 47. The van der Waals surface area contributed by atoms with Crippen molar-refractivity contribution in [1.82, 2.24) is 5.32 Å². The maximum absolute atomic E-state index is 12.5. The van der Waals surface area contributed by atoms with Crippen molar-refractivity contribution in [2.75, 3.05) is 13.2 Å². The van der Waals surface area contributed by atoms with Gasteiger partial charge in [-0.05, 0) is 44.9 Å². The third kappa shape index (κ3) is 59.4. The number of carbonyl (C=O) groups excluding carboxylic acids is 2. The van der Waals surface area contributed by atoms with Crippen LogP contribution >= 0.6 is 0 Å². The average molecular weight is 1030 g/mol. The molecule has 0 radical (unpaired) electrons. The summed E-state index contributed by atoms with van der Waals surface area (Å²) in [5.41, 5.74) is 0. The van der Waals surface area contributed by atoms with Gasteiger partial charge in [0.15, 0.2) is 0 Å². The van der Waals surface area contributed by atoms with Crippen molar-refractivity contribution in [3.8, 4) is 0 Å². The number of aliphatic hydroxyl groups is 2. The highest BCUT2D eigenvalue weighted by atomic mass is 16.5. The summed E-state index contributed by atoms with van der Waals surface area (Å²) in [7, 11) is 0. The van der Waals surface area contributed by atoms with Crippen LogP contribution in [0.2, 0.25) is 0 Å². The van der Waals surface area contributed by atoms with Crippen molar-refractivity contribution in [3.05, 3.63) is 24.3 Å². The second kappa shape index (κ2) is 62.9. The van der Waals surface area contributed by atoms with Gasteiger partial charge in [-0.1, -0.05) is 334 Å². The molecule has 0 aromatic heterocycles. The number of nitrogens with one attached hydrogen (secondary N) is 1. The molecule has 0 spiro atoms. The summed E-state index contributed by atoms with van der Waals surface area (Å²) in [6, 6.07) is -0.546. The quantitative estimate of drug-likeness (QED) is 0.0320. The van der Waals surface area contributed by atoms with Crippen molar-refractivity contribution in [2.45, 2.75) is 379 Å². The first-order valence-electron chi connectivity index (χ1n) is 33.1. The van der Waals surface area contributed by atoms with Crippen LogP contribution in [0.25, 0.3) is 0 Å². The summed E-state index contributed by atoms with van der Waals surface area (Å²) in [6.07, 6.45) is 77.9. The molecule has 6 nitrogen and oxygen atoms in total. The number of amides is 1. The molecule has 0 aromatic rings. The van der Waals surface area contributed by atoms with Gasteiger partial charge in [-0.2, -0.15) is 0 Å². The Hall–Kier alpha value is -1.66. The molecule has 0 aromatic carbocycles. The Morgan fingerprint density at radius 1 is 0.384 bits per heavy atom. The van der Waals surface area contributed by atoms with Crippen LogP contribution in [0, 0.1) is 0 Å². The Balaban J connectivity index is 3.43. The molecular weight excluding hydrogens is 899 g/mol. The fourth-order valence-corrected chi connectivity index (χ4v) is 10.5. The second-order valence-corrected chi connectivity index (χ2v) is 22.8. The van der Waals surface area contributed by atoms with Gasteiger partial charge in [-0.25, -0.2) is 0 Å². The molecule has 2 unspecified atom stereocenters. The Kier molecular flexibility index (Phi) is 61.4. The number of allylic oxidation sites excluding steroid dienone is 3. The fourth-order valence-electron chi connectivity index (χ4n) is 10.5. The number of ether oxygens (including phenoxy) is 1. The largest absolute Gasteiger partial charge is 0.465 e. The Morgan fingerprint density at radius 2 is 0.685 bits per heavy atom. The minimum absolute atomic E-state index is 0.0305. The van der Waals surface area contributed by atoms with Crippen molar-refractivity contribution in [2.24, 2.45) is 0 Å². The Labute approximate surface area is 456 Å². The van der Waals surface area contributed by atoms with Crippen LogP contribution in [0.15, 0.2) is 24.3 Å². The van der Waals surface area contributed by atoms with Gasteiger partial charge in [0.05, 0.1) is 25.4 Å². The molecule has 0 aliphatic carbocycles. The molecule has 6 heteroatoms. The van der Waals surface area contributed by atoms with Crippen molar-refractivity contribution in [1.29, 1.82) is 0 Å². The first kappa shape index (κ1) is 71.3. The highest BCUT2D eigenvalue weighted by molar-refractivity contribution is 5.76. The van der Waals surface area contributed by atoms with E-state index >= 15 is 0 Å². The summed E-state index contributed by atoms with van der Waals surface area (Å²) in [5.74, 6) is -0.0669.